The van der Waals surface area contributed by atoms with Crippen LogP contribution in [0.5, 0.6) is 5.75 Å². The first-order valence-electron chi connectivity index (χ1n) is 9.33. The number of sulfonamides is 1. The topological polar surface area (TPSA) is 84.4 Å². The number of hydrogen-bond acceptors (Lipinski definition) is 7. The number of fused-ring (bicyclic) bond motifs is 2. The van der Waals surface area contributed by atoms with E-state index in [1.807, 2.05) is 12.3 Å². The molecule has 1 aliphatic rings. The number of pyridine rings is 1. The summed E-state index contributed by atoms with van der Waals surface area (Å²) in [4.78, 5) is 10.5. The second-order valence-electron chi connectivity index (χ2n) is 6.90. The van der Waals surface area contributed by atoms with Crippen molar-refractivity contribution in [3.05, 3.63) is 65.9 Å². The summed E-state index contributed by atoms with van der Waals surface area (Å²) >= 11 is 1.23. The molecule has 0 spiro atoms. The molecule has 0 radical (unpaired) electrons. The molecule has 152 valence electrons. The number of hydrogen-bond donors (Lipinski definition) is 1. The number of nitrogens with one attached hydrogen (secondary N) is 1. The van der Waals surface area contributed by atoms with Crippen LogP contribution >= 0.6 is 11.3 Å². The van der Waals surface area contributed by atoms with E-state index in [9.17, 15) is 8.42 Å². The van der Waals surface area contributed by atoms with Crippen LogP contribution in [-0.4, -0.2) is 31.5 Å². The fourth-order valence-corrected chi connectivity index (χ4v) is 5.47. The average Bonchev–Trinajstić information content (AvgIpc) is 3.25. The van der Waals surface area contributed by atoms with Gasteiger partial charge >= 0.3 is 0 Å². The Hall–Kier alpha value is -3.17. The van der Waals surface area contributed by atoms with Crippen LogP contribution in [0, 0.1) is 6.92 Å². The van der Waals surface area contributed by atoms with Gasteiger partial charge in [0.05, 0.1) is 22.8 Å². The minimum absolute atomic E-state index is 0.136. The van der Waals surface area contributed by atoms with Gasteiger partial charge in [0.2, 0.25) is 0 Å². The highest BCUT2D eigenvalue weighted by Crippen LogP contribution is 2.42. The fraction of sp³-hybridized carbons (Fsp3) is 0.143. The average molecular weight is 439 g/mol. The van der Waals surface area contributed by atoms with Crippen molar-refractivity contribution in [1.29, 1.82) is 0 Å². The minimum Gasteiger partial charge on any atom is -0.489 e. The van der Waals surface area contributed by atoms with Gasteiger partial charge < -0.3 is 9.64 Å². The number of aryl methyl sites for hydroxylation is 1. The summed E-state index contributed by atoms with van der Waals surface area (Å²) in [5.41, 5.74) is 3.04. The summed E-state index contributed by atoms with van der Waals surface area (Å²) in [6, 6.07) is 11.1. The van der Waals surface area contributed by atoms with E-state index in [1.54, 1.807) is 36.0 Å². The molecular formula is C21H18N4O3S2. The Morgan fingerprint density at radius 2 is 2.07 bits per heavy atom. The number of nitrogens with zero attached hydrogens (tertiary/aromatic N) is 3. The largest absolute Gasteiger partial charge is 0.489 e. The zero-order valence-electron chi connectivity index (χ0n) is 16.1. The van der Waals surface area contributed by atoms with Gasteiger partial charge in [-0.15, -0.1) is 11.3 Å². The van der Waals surface area contributed by atoms with Gasteiger partial charge in [0, 0.05) is 40.8 Å². The van der Waals surface area contributed by atoms with E-state index in [1.165, 1.54) is 11.3 Å². The first kappa shape index (κ1) is 18.8. The third-order valence-electron chi connectivity index (χ3n) is 5.02. The van der Waals surface area contributed by atoms with Crippen molar-refractivity contribution >= 4 is 48.6 Å². The predicted molar refractivity (Wildman–Crippen MR) is 118 cm³/mol. The molecular weight excluding hydrogens is 420 g/mol. The minimum atomic E-state index is -3.75. The molecule has 0 unspecified atom stereocenters. The van der Waals surface area contributed by atoms with Crippen LogP contribution in [0.25, 0.3) is 10.8 Å². The number of ether oxygens (including phenoxy) is 1. The highest BCUT2D eigenvalue weighted by molar-refractivity contribution is 7.93. The predicted octanol–water partition coefficient (Wildman–Crippen LogP) is 4.33. The second kappa shape index (κ2) is 7.26. The SMILES string of the molecule is Cc1ccc2cnccc2c1N1CCOc2cc(S(=O)(=O)Nc3nccs3)ccc21. The molecule has 0 fully saturated rings. The number of benzene rings is 2. The van der Waals surface area contributed by atoms with Gasteiger partial charge in [0.25, 0.3) is 10.0 Å². The van der Waals surface area contributed by atoms with Gasteiger partial charge in [-0.1, -0.05) is 12.1 Å². The van der Waals surface area contributed by atoms with E-state index < -0.39 is 10.0 Å². The molecule has 9 heteroatoms. The molecule has 0 aliphatic carbocycles. The third-order valence-corrected chi connectivity index (χ3v) is 7.18. The van der Waals surface area contributed by atoms with Crippen LogP contribution in [-0.2, 0) is 10.0 Å². The van der Waals surface area contributed by atoms with Crippen LogP contribution in [0.15, 0.2) is 65.3 Å². The zero-order chi connectivity index (χ0) is 20.7. The number of thiazole rings is 1. The van der Waals surface area contributed by atoms with Gasteiger partial charge in [-0.25, -0.2) is 13.4 Å². The van der Waals surface area contributed by atoms with E-state index in [0.29, 0.717) is 24.0 Å². The van der Waals surface area contributed by atoms with Crippen LogP contribution in [0.1, 0.15) is 5.56 Å². The van der Waals surface area contributed by atoms with Crippen molar-refractivity contribution in [3.63, 3.8) is 0 Å². The molecule has 0 amide bonds. The van der Waals surface area contributed by atoms with Gasteiger partial charge in [-0.05, 0) is 30.7 Å². The van der Waals surface area contributed by atoms with E-state index >= 15 is 0 Å². The number of anilines is 3. The lowest BCUT2D eigenvalue weighted by atomic mass is 10.0. The summed E-state index contributed by atoms with van der Waals surface area (Å²) in [5.74, 6) is 0.536. The van der Waals surface area contributed by atoms with E-state index in [2.05, 4.69) is 38.6 Å². The van der Waals surface area contributed by atoms with Crippen molar-refractivity contribution in [3.8, 4) is 5.75 Å². The number of aromatic nitrogens is 2. The molecule has 1 aliphatic heterocycles. The maximum absolute atomic E-state index is 12.7. The molecule has 2 aromatic carbocycles. The molecule has 4 aromatic rings. The lowest BCUT2D eigenvalue weighted by molar-refractivity contribution is 0.313. The van der Waals surface area contributed by atoms with Crippen molar-refractivity contribution in [2.45, 2.75) is 11.8 Å². The van der Waals surface area contributed by atoms with Gasteiger partial charge in [-0.3, -0.25) is 9.71 Å². The monoisotopic (exact) mass is 438 g/mol. The highest BCUT2D eigenvalue weighted by Gasteiger charge is 2.25. The molecule has 3 heterocycles. The Morgan fingerprint density at radius 1 is 1.17 bits per heavy atom. The fourth-order valence-electron chi connectivity index (χ4n) is 3.67. The Labute approximate surface area is 178 Å². The Bertz CT molecular complexity index is 1340. The van der Waals surface area contributed by atoms with Gasteiger partial charge in [0.1, 0.15) is 12.4 Å². The Morgan fingerprint density at radius 3 is 2.90 bits per heavy atom. The second-order valence-corrected chi connectivity index (χ2v) is 9.48. The molecule has 0 atom stereocenters. The van der Waals surface area contributed by atoms with E-state index in [0.717, 1.165) is 27.7 Å². The maximum Gasteiger partial charge on any atom is 0.263 e. The standard InChI is InChI=1S/C21H18N4O3S2/c1-14-2-3-15-13-22-7-6-17(15)20(14)25-9-10-28-19-12-16(4-5-18(19)25)30(26,27)24-21-23-8-11-29-21/h2-8,11-13H,9-10H2,1H3,(H,23,24). The summed E-state index contributed by atoms with van der Waals surface area (Å²) in [5, 5.41) is 4.20. The van der Waals surface area contributed by atoms with Crippen molar-refractivity contribution in [2.75, 3.05) is 22.8 Å². The molecule has 1 N–H and O–H groups in total. The molecule has 0 saturated heterocycles. The van der Waals surface area contributed by atoms with Crippen molar-refractivity contribution in [1.82, 2.24) is 9.97 Å². The van der Waals surface area contributed by atoms with E-state index in [4.69, 9.17) is 4.74 Å². The quantitative estimate of drug-likeness (QED) is 0.511. The smallest absolute Gasteiger partial charge is 0.263 e. The normalized spacial score (nSPS) is 13.7. The summed E-state index contributed by atoms with van der Waals surface area (Å²) in [6.45, 7) is 3.19. The van der Waals surface area contributed by atoms with Gasteiger partial charge in [-0.2, -0.15) is 0 Å². The lowest BCUT2D eigenvalue weighted by Crippen LogP contribution is -2.29. The van der Waals surface area contributed by atoms with Crippen LogP contribution in [0.2, 0.25) is 0 Å². The molecule has 0 saturated carbocycles. The van der Waals surface area contributed by atoms with E-state index in [-0.39, 0.29) is 4.90 Å². The van der Waals surface area contributed by atoms with Gasteiger partial charge in [0.15, 0.2) is 5.13 Å². The van der Waals surface area contributed by atoms with Crippen molar-refractivity contribution in [2.24, 2.45) is 0 Å². The Kier molecular flexibility index (Phi) is 4.56. The van der Waals surface area contributed by atoms with Crippen LogP contribution in [0.4, 0.5) is 16.5 Å². The molecule has 0 bridgehead atoms. The summed E-state index contributed by atoms with van der Waals surface area (Å²) < 4.78 is 33.8. The van der Waals surface area contributed by atoms with Crippen molar-refractivity contribution < 1.29 is 13.2 Å². The third kappa shape index (κ3) is 3.25. The lowest BCUT2D eigenvalue weighted by Gasteiger charge is -2.33. The Balaban J connectivity index is 1.58. The first-order valence-corrected chi connectivity index (χ1v) is 11.7. The first-order chi connectivity index (χ1) is 14.5. The summed E-state index contributed by atoms with van der Waals surface area (Å²) in [7, 11) is -3.75. The number of rotatable bonds is 4. The van der Waals surface area contributed by atoms with Crippen LogP contribution < -0.4 is 14.4 Å². The molecule has 30 heavy (non-hydrogen) atoms. The molecule has 7 nitrogen and oxygen atoms in total. The zero-order valence-corrected chi connectivity index (χ0v) is 17.7. The highest BCUT2D eigenvalue weighted by atomic mass is 32.2. The maximum atomic E-state index is 12.7. The molecule has 2 aromatic heterocycles. The molecule has 5 rings (SSSR count). The summed E-state index contributed by atoms with van der Waals surface area (Å²) in [6.07, 6.45) is 5.19. The van der Waals surface area contributed by atoms with Crippen LogP contribution in [0.3, 0.4) is 0 Å².